The summed E-state index contributed by atoms with van der Waals surface area (Å²) in [5.41, 5.74) is 1.14. The number of ether oxygens (including phenoxy) is 1. The molecule has 1 aliphatic rings. The Balaban J connectivity index is 1.79. The summed E-state index contributed by atoms with van der Waals surface area (Å²) in [6.45, 7) is 2.46. The molecule has 0 bridgehead atoms. The van der Waals surface area contributed by atoms with E-state index in [4.69, 9.17) is 4.74 Å². The number of carbonyl (C=O) groups excluding carboxylic acids is 1. The van der Waals surface area contributed by atoms with Crippen LogP contribution in [0.4, 0.5) is 9.18 Å². The lowest BCUT2D eigenvalue weighted by Gasteiger charge is -2.44. The van der Waals surface area contributed by atoms with Crippen LogP contribution >= 0.6 is 0 Å². The fourth-order valence-corrected chi connectivity index (χ4v) is 3.69. The number of nitrogens with one attached hydrogen (secondary N) is 1. The highest BCUT2D eigenvalue weighted by atomic mass is 19.1. The number of methoxy groups -OCH3 is 1. The summed E-state index contributed by atoms with van der Waals surface area (Å²) in [6.07, 6.45) is 1.01. The first-order chi connectivity index (χ1) is 13.0. The van der Waals surface area contributed by atoms with Crippen molar-refractivity contribution in [3.63, 3.8) is 0 Å². The van der Waals surface area contributed by atoms with Gasteiger partial charge in [-0.05, 0) is 55.2 Å². The van der Waals surface area contributed by atoms with Crippen molar-refractivity contribution in [2.24, 2.45) is 0 Å². The number of rotatable bonds is 6. The van der Waals surface area contributed by atoms with Gasteiger partial charge in [0.2, 0.25) is 0 Å². The molecule has 6 heteroatoms. The van der Waals surface area contributed by atoms with Crippen molar-refractivity contribution >= 4 is 6.03 Å². The zero-order valence-corrected chi connectivity index (χ0v) is 15.6. The molecule has 2 aromatic carbocycles. The maximum absolute atomic E-state index is 13.3. The van der Waals surface area contributed by atoms with Gasteiger partial charge in [0.05, 0.1) is 18.7 Å². The molecule has 1 aliphatic heterocycles. The van der Waals surface area contributed by atoms with Gasteiger partial charge in [0.1, 0.15) is 11.6 Å². The van der Waals surface area contributed by atoms with Gasteiger partial charge in [-0.2, -0.15) is 0 Å². The second-order valence-electron chi connectivity index (χ2n) is 6.89. The first-order valence-corrected chi connectivity index (χ1v) is 9.09. The van der Waals surface area contributed by atoms with E-state index < -0.39 is 5.54 Å². The van der Waals surface area contributed by atoms with Gasteiger partial charge in [-0.1, -0.05) is 24.3 Å². The van der Waals surface area contributed by atoms with Crippen LogP contribution in [0.15, 0.2) is 48.5 Å². The van der Waals surface area contributed by atoms with Crippen molar-refractivity contribution < 1.29 is 19.0 Å². The highest BCUT2D eigenvalue weighted by Crippen LogP contribution is 2.35. The summed E-state index contributed by atoms with van der Waals surface area (Å²) < 4.78 is 18.5. The zero-order valence-electron chi connectivity index (χ0n) is 15.6. The van der Waals surface area contributed by atoms with Crippen LogP contribution in [0.2, 0.25) is 0 Å². The second kappa shape index (κ2) is 7.96. The molecule has 2 N–H and O–H groups in total. The predicted octanol–water partition coefficient (Wildman–Crippen LogP) is 3.59. The van der Waals surface area contributed by atoms with Crippen LogP contribution in [0.5, 0.6) is 5.75 Å². The number of benzene rings is 2. The van der Waals surface area contributed by atoms with Crippen molar-refractivity contribution in [1.82, 2.24) is 10.2 Å². The number of urea groups is 1. The Morgan fingerprint density at radius 3 is 2.44 bits per heavy atom. The van der Waals surface area contributed by atoms with E-state index in [1.54, 1.807) is 24.1 Å². The third kappa shape index (κ3) is 3.90. The quantitative estimate of drug-likeness (QED) is 0.815. The SMILES string of the molecule is COc1ccc([C@H](C)N2CC[C@](CCO)(c3ccc(F)cc3)NC2=O)cc1. The summed E-state index contributed by atoms with van der Waals surface area (Å²) in [6, 6.07) is 13.5. The molecule has 1 saturated heterocycles. The standard InChI is InChI=1S/C21H25FN2O3/c1-15(16-3-9-19(27-2)10-4-16)24-13-11-21(12-14-25,23-20(24)26)17-5-7-18(22)8-6-17/h3-10,15,25H,11-14H2,1-2H3,(H,23,26)/t15-,21-/m0/s1. The maximum Gasteiger partial charge on any atom is 0.318 e. The molecule has 2 aromatic rings. The Bertz CT molecular complexity index is 779. The number of aliphatic hydroxyl groups is 1. The molecule has 0 aliphatic carbocycles. The molecule has 0 saturated carbocycles. The summed E-state index contributed by atoms with van der Waals surface area (Å²) in [5, 5.41) is 12.6. The highest BCUT2D eigenvalue weighted by molar-refractivity contribution is 5.77. The molecule has 0 unspecified atom stereocenters. The van der Waals surface area contributed by atoms with Crippen LogP contribution in [-0.4, -0.2) is 36.3 Å². The van der Waals surface area contributed by atoms with E-state index in [-0.39, 0.29) is 24.5 Å². The van der Waals surface area contributed by atoms with E-state index in [0.29, 0.717) is 19.4 Å². The average Bonchev–Trinajstić information content (AvgIpc) is 2.68. The van der Waals surface area contributed by atoms with Crippen LogP contribution < -0.4 is 10.1 Å². The van der Waals surface area contributed by atoms with Gasteiger partial charge in [0.15, 0.2) is 0 Å². The van der Waals surface area contributed by atoms with Gasteiger partial charge in [-0.3, -0.25) is 0 Å². The molecule has 0 radical (unpaired) electrons. The van der Waals surface area contributed by atoms with Crippen LogP contribution in [-0.2, 0) is 5.54 Å². The van der Waals surface area contributed by atoms with Gasteiger partial charge in [-0.25, -0.2) is 9.18 Å². The van der Waals surface area contributed by atoms with Crippen LogP contribution in [0, 0.1) is 5.82 Å². The number of aliphatic hydroxyl groups excluding tert-OH is 1. The Labute approximate surface area is 158 Å². The third-order valence-corrected chi connectivity index (χ3v) is 5.39. The first-order valence-electron chi connectivity index (χ1n) is 9.09. The molecule has 1 heterocycles. The Morgan fingerprint density at radius 2 is 1.89 bits per heavy atom. The van der Waals surface area contributed by atoms with Gasteiger partial charge >= 0.3 is 6.03 Å². The van der Waals surface area contributed by atoms with Gasteiger partial charge in [0.25, 0.3) is 0 Å². The van der Waals surface area contributed by atoms with E-state index in [2.05, 4.69) is 5.32 Å². The average molecular weight is 372 g/mol. The third-order valence-electron chi connectivity index (χ3n) is 5.39. The van der Waals surface area contributed by atoms with Gasteiger partial charge < -0.3 is 20.1 Å². The molecule has 144 valence electrons. The summed E-state index contributed by atoms with van der Waals surface area (Å²) in [7, 11) is 1.62. The van der Waals surface area contributed by atoms with Gasteiger partial charge in [0, 0.05) is 13.2 Å². The molecule has 1 fully saturated rings. The van der Waals surface area contributed by atoms with Crippen molar-refractivity contribution in [1.29, 1.82) is 0 Å². The molecule has 5 nitrogen and oxygen atoms in total. The number of hydrogen-bond acceptors (Lipinski definition) is 3. The van der Waals surface area contributed by atoms with Crippen LogP contribution in [0.1, 0.15) is 36.9 Å². The fourth-order valence-electron chi connectivity index (χ4n) is 3.69. The molecule has 2 amide bonds. The maximum atomic E-state index is 13.3. The minimum atomic E-state index is -0.685. The Morgan fingerprint density at radius 1 is 1.22 bits per heavy atom. The van der Waals surface area contributed by atoms with Crippen molar-refractivity contribution in [2.75, 3.05) is 20.3 Å². The van der Waals surface area contributed by atoms with Crippen molar-refractivity contribution in [3.05, 3.63) is 65.5 Å². The van der Waals surface area contributed by atoms with E-state index in [9.17, 15) is 14.3 Å². The van der Waals surface area contributed by atoms with E-state index in [0.717, 1.165) is 16.9 Å². The normalized spacial score (nSPS) is 20.9. The lowest BCUT2D eigenvalue weighted by molar-refractivity contribution is 0.110. The summed E-state index contributed by atoms with van der Waals surface area (Å²) in [4.78, 5) is 14.7. The number of amides is 2. The monoisotopic (exact) mass is 372 g/mol. The van der Waals surface area contributed by atoms with E-state index >= 15 is 0 Å². The predicted molar refractivity (Wildman–Crippen MR) is 101 cm³/mol. The molecule has 0 spiro atoms. The topological polar surface area (TPSA) is 61.8 Å². The summed E-state index contributed by atoms with van der Waals surface area (Å²) >= 11 is 0. The number of nitrogens with zero attached hydrogens (tertiary/aromatic N) is 1. The lowest BCUT2D eigenvalue weighted by Crippen LogP contribution is -2.58. The molecule has 2 atom stereocenters. The zero-order chi connectivity index (χ0) is 19.4. The Kier molecular flexibility index (Phi) is 5.65. The number of carbonyl (C=O) groups is 1. The molecule has 3 rings (SSSR count). The van der Waals surface area contributed by atoms with Crippen molar-refractivity contribution in [3.8, 4) is 5.75 Å². The van der Waals surface area contributed by atoms with Crippen molar-refractivity contribution in [2.45, 2.75) is 31.3 Å². The van der Waals surface area contributed by atoms with Crippen LogP contribution in [0.25, 0.3) is 0 Å². The second-order valence-corrected chi connectivity index (χ2v) is 6.89. The number of halogens is 1. The molecular formula is C21H25FN2O3. The van der Waals surface area contributed by atoms with E-state index in [1.165, 1.54) is 12.1 Å². The summed E-state index contributed by atoms with van der Waals surface area (Å²) in [5.74, 6) is 0.446. The molecule has 0 aromatic heterocycles. The van der Waals surface area contributed by atoms with Gasteiger partial charge in [-0.15, -0.1) is 0 Å². The Hall–Kier alpha value is -2.60. The minimum absolute atomic E-state index is 0.0638. The number of hydrogen-bond donors (Lipinski definition) is 2. The van der Waals surface area contributed by atoms with E-state index in [1.807, 2.05) is 31.2 Å². The molecular weight excluding hydrogens is 347 g/mol. The lowest BCUT2D eigenvalue weighted by atomic mass is 9.82. The first kappa shape index (κ1) is 19.2. The van der Waals surface area contributed by atoms with Crippen LogP contribution in [0.3, 0.4) is 0 Å². The molecule has 27 heavy (non-hydrogen) atoms. The minimum Gasteiger partial charge on any atom is -0.497 e. The highest BCUT2D eigenvalue weighted by Gasteiger charge is 2.40. The smallest absolute Gasteiger partial charge is 0.318 e. The fraction of sp³-hybridized carbons (Fsp3) is 0.381. The largest absolute Gasteiger partial charge is 0.497 e.